The number of hydrogen-bond acceptors (Lipinski definition) is 4. The Kier molecular flexibility index (Phi) is 6.91. The summed E-state index contributed by atoms with van der Waals surface area (Å²) in [5.41, 5.74) is 2.80. The van der Waals surface area contributed by atoms with Gasteiger partial charge in [0.05, 0.1) is 35.4 Å². The van der Waals surface area contributed by atoms with E-state index >= 15 is 0 Å². The van der Waals surface area contributed by atoms with E-state index < -0.39 is 0 Å². The first-order valence-corrected chi connectivity index (χ1v) is 8.90. The van der Waals surface area contributed by atoms with Crippen molar-refractivity contribution in [2.24, 2.45) is 0 Å². The van der Waals surface area contributed by atoms with E-state index in [2.05, 4.69) is 45.9 Å². The molecule has 2 N–H and O–H groups in total. The highest BCUT2D eigenvalue weighted by molar-refractivity contribution is 5.54. The van der Waals surface area contributed by atoms with Gasteiger partial charge in [-0.15, -0.1) is 0 Å². The number of aromatic nitrogens is 4. The van der Waals surface area contributed by atoms with Gasteiger partial charge in [0.25, 0.3) is 0 Å². The summed E-state index contributed by atoms with van der Waals surface area (Å²) in [6.45, 7) is 7.85. The van der Waals surface area contributed by atoms with Gasteiger partial charge in [-0.1, -0.05) is 44.2 Å². The lowest BCUT2D eigenvalue weighted by molar-refractivity contribution is 0.784. The smallest absolute Gasteiger partial charge is 0.137 e. The van der Waals surface area contributed by atoms with Gasteiger partial charge in [0.15, 0.2) is 0 Å². The zero-order valence-corrected chi connectivity index (χ0v) is 16.1. The lowest BCUT2D eigenvalue weighted by atomic mass is 10.1. The SMILES string of the molecule is CC(C#N)c1cnc(-c2ccccc2)[nH]1.CC(C)c1ncc(C(C)C#N)[nH]1. The summed E-state index contributed by atoms with van der Waals surface area (Å²) in [5, 5.41) is 17.4. The van der Waals surface area contributed by atoms with E-state index in [0.29, 0.717) is 5.92 Å². The minimum absolute atomic E-state index is 0.0926. The van der Waals surface area contributed by atoms with Crippen molar-refractivity contribution >= 4 is 0 Å². The molecule has 0 aliphatic heterocycles. The van der Waals surface area contributed by atoms with Crippen LogP contribution in [0.15, 0.2) is 42.7 Å². The Balaban J connectivity index is 0.000000199. The number of nitriles is 2. The summed E-state index contributed by atoms with van der Waals surface area (Å²) in [6, 6.07) is 14.2. The third-order valence-corrected chi connectivity index (χ3v) is 4.13. The van der Waals surface area contributed by atoms with Crippen LogP contribution in [0.2, 0.25) is 0 Å². The minimum atomic E-state index is -0.144. The predicted octanol–water partition coefficient (Wildman–Crippen LogP) is 4.86. The number of H-pyrrole nitrogens is 2. The molecule has 0 amide bonds. The van der Waals surface area contributed by atoms with E-state index in [1.165, 1.54) is 0 Å². The van der Waals surface area contributed by atoms with E-state index in [0.717, 1.165) is 28.6 Å². The van der Waals surface area contributed by atoms with Crippen molar-refractivity contribution in [1.29, 1.82) is 10.5 Å². The summed E-state index contributed by atoms with van der Waals surface area (Å²) in [4.78, 5) is 14.7. The summed E-state index contributed by atoms with van der Waals surface area (Å²) in [7, 11) is 0. The highest BCUT2D eigenvalue weighted by atomic mass is 14.9. The van der Waals surface area contributed by atoms with Gasteiger partial charge in [-0.25, -0.2) is 9.97 Å². The fraction of sp³-hybridized carbons (Fsp3) is 0.333. The van der Waals surface area contributed by atoms with Crippen LogP contribution in [0, 0.1) is 22.7 Å². The zero-order valence-electron chi connectivity index (χ0n) is 16.1. The standard InChI is InChI=1S/C12H11N3.C9H13N3/c1-9(7-13)11-8-14-12(15-11)10-5-3-2-4-6-10;1-6(2)9-11-5-8(12-9)7(3)4-10/h2-6,8-9H,1H3,(H,14,15);5-7H,1-3H3,(H,11,12). The van der Waals surface area contributed by atoms with Crippen molar-refractivity contribution in [1.82, 2.24) is 19.9 Å². The van der Waals surface area contributed by atoms with E-state index in [9.17, 15) is 0 Å². The number of aromatic amines is 2. The average Bonchev–Trinajstić information content (AvgIpc) is 3.38. The van der Waals surface area contributed by atoms with E-state index in [1.807, 2.05) is 44.2 Å². The largest absolute Gasteiger partial charge is 0.345 e. The Morgan fingerprint density at radius 3 is 1.89 bits per heavy atom. The molecule has 2 aromatic heterocycles. The van der Waals surface area contributed by atoms with Gasteiger partial charge in [0.2, 0.25) is 0 Å². The minimum Gasteiger partial charge on any atom is -0.345 e. The van der Waals surface area contributed by atoms with Crippen LogP contribution in [-0.2, 0) is 0 Å². The molecule has 0 saturated carbocycles. The fourth-order valence-corrected chi connectivity index (χ4v) is 2.30. The Morgan fingerprint density at radius 1 is 0.815 bits per heavy atom. The molecule has 0 fully saturated rings. The summed E-state index contributed by atoms with van der Waals surface area (Å²) in [5.74, 6) is 1.92. The first-order valence-electron chi connectivity index (χ1n) is 8.90. The Morgan fingerprint density at radius 2 is 1.37 bits per heavy atom. The molecule has 0 saturated heterocycles. The predicted molar refractivity (Wildman–Crippen MR) is 105 cm³/mol. The lowest BCUT2D eigenvalue weighted by Crippen LogP contribution is -1.92. The summed E-state index contributed by atoms with van der Waals surface area (Å²) in [6.07, 6.45) is 3.46. The number of benzene rings is 1. The summed E-state index contributed by atoms with van der Waals surface area (Å²) < 4.78 is 0. The highest BCUT2D eigenvalue weighted by Gasteiger charge is 2.09. The van der Waals surface area contributed by atoms with Gasteiger partial charge >= 0.3 is 0 Å². The molecule has 2 unspecified atom stereocenters. The quantitative estimate of drug-likeness (QED) is 0.692. The molecular formula is C21H24N6. The summed E-state index contributed by atoms with van der Waals surface area (Å²) >= 11 is 0. The first kappa shape index (κ1) is 19.9. The molecule has 0 bridgehead atoms. The van der Waals surface area contributed by atoms with Crippen molar-refractivity contribution in [3.05, 3.63) is 59.9 Å². The maximum Gasteiger partial charge on any atom is 0.137 e. The van der Waals surface area contributed by atoms with E-state index in [-0.39, 0.29) is 11.8 Å². The van der Waals surface area contributed by atoms with Crippen molar-refractivity contribution in [2.75, 3.05) is 0 Å². The van der Waals surface area contributed by atoms with Crippen LogP contribution in [0.4, 0.5) is 0 Å². The number of hydrogen-bond donors (Lipinski definition) is 2. The number of rotatable bonds is 4. The molecule has 138 valence electrons. The molecule has 27 heavy (non-hydrogen) atoms. The monoisotopic (exact) mass is 360 g/mol. The van der Waals surface area contributed by atoms with Gasteiger partial charge in [0, 0.05) is 23.9 Å². The van der Waals surface area contributed by atoms with Crippen LogP contribution in [0.25, 0.3) is 11.4 Å². The maximum absolute atomic E-state index is 8.77. The molecule has 6 nitrogen and oxygen atoms in total. The Labute approximate surface area is 159 Å². The van der Waals surface area contributed by atoms with E-state index in [1.54, 1.807) is 12.4 Å². The second-order valence-electron chi connectivity index (χ2n) is 6.63. The van der Waals surface area contributed by atoms with E-state index in [4.69, 9.17) is 10.5 Å². The van der Waals surface area contributed by atoms with Crippen LogP contribution >= 0.6 is 0 Å². The maximum atomic E-state index is 8.77. The molecule has 3 aromatic rings. The zero-order chi connectivity index (χ0) is 19.8. The van der Waals surface area contributed by atoms with Crippen molar-refractivity contribution in [3.63, 3.8) is 0 Å². The molecule has 6 heteroatoms. The molecule has 3 rings (SSSR count). The molecular weight excluding hydrogens is 336 g/mol. The third kappa shape index (κ3) is 5.29. The van der Waals surface area contributed by atoms with Crippen molar-refractivity contribution < 1.29 is 0 Å². The van der Waals surface area contributed by atoms with Gasteiger partial charge in [-0.2, -0.15) is 10.5 Å². The molecule has 1 aromatic carbocycles. The Hall–Kier alpha value is -3.38. The highest BCUT2D eigenvalue weighted by Crippen LogP contribution is 2.18. The topological polar surface area (TPSA) is 105 Å². The number of nitrogens with one attached hydrogen (secondary N) is 2. The van der Waals surface area contributed by atoms with Gasteiger partial charge in [0.1, 0.15) is 11.6 Å². The second kappa shape index (κ2) is 9.35. The Bertz CT molecular complexity index is 923. The van der Waals surface area contributed by atoms with Crippen LogP contribution in [0.1, 0.15) is 62.7 Å². The van der Waals surface area contributed by atoms with Crippen molar-refractivity contribution in [3.8, 4) is 23.5 Å². The average molecular weight is 360 g/mol. The molecule has 0 aliphatic carbocycles. The molecule has 0 spiro atoms. The molecule has 2 atom stereocenters. The van der Waals surface area contributed by atoms with Gasteiger partial charge < -0.3 is 9.97 Å². The van der Waals surface area contributed by atoms with Crippen LogP contribution in [0.5, 0.6) is 0 Å². The third-order valence-electron chi connectivity index (χ3n) is 4.13. The fourth-order valence-electron chi connectivity index (χ4n) is 2.30. The molecule has 0 aliphatic rings. The van der Waals surface area contributed by atoms with Crippen LogP contribution in [-0.4, -0.2) is 19.9 Å². The van der Waals surface area contributed by atoms with Crippen LogP contribution in [0.3, 0.4) is 0 Å². The van der Waals surface area contributed by atoms with Gasteiger partial charge in [-0.3, -0.25) is 0 Å². The number of imidazole rings is 2. The van der Waals surface area contributed by atoms with Crippen molar-refractivity contribution in [2.45, 2.75) is 45.4 Å². The molecule has 2 heterocycles. The second-order valence-corrected chi connectivity index (χ2v) is 6.63. The first-order chi connectivity index (χ1) is 13.0. The molecule has 0 radical (unpaired) electrons. The normalized spacial score (nSPS) is 12.4. The number of nitrogens with zero attached hydrogens (tertiary/aromatic N) is 4. The lowest BCUT2D eigenvalue weighted by Gasteiger charge is -1.99. The van der Waals surface area contributed by atoms with Crippen LogP contribution < -0.4 is 0 Å². The van der Waals surface area contributed by atoms with Gasteiger partial charge in [-0.05, 0) is 13.8 Å².